The first-order valence-electron chi connectivity index (χ1n) is 4.59. The maximum atomic E-state index is 12.6. The fraction of sp³-hybridized carbons (Fsp3) is 0.364. The molecular formula is C11H13BrFNO. The third-order valence-corrected chi connectivity index (χ3v) is 3.29. The largest absolute Gasteiger partial charge is 0.346 e. The lowest BCUT2D eigenvalue weighted by molar-refractivity contribution is 0.0921. The molecule has 1 amide bonds. The molecule has 0 unspecified atom stereocenters. The van der Waals surface area contributed by atoms with Gasteiger partial charge in [0.2, 0.25) is 0 Å². The quantitative estimate of drug-likeness (QED) is 0.844. The summed E-state index contributed by atoms with van der Waals surface area (Å²) in [6.45, 7) is 3.81. The Balaban J connectivity index is 2.74. The van der Waals surface area contributed by atoms with Gasteiger partial charge in [0.1, 0.15) is 5.82 Å². The maximum Gasteiger partial charge on any atom is 0.251 e. The molecule has 1 aromatic rings. The SMILES string of the molecule is CC(C)(CBr)NC(=O)c1ccc(F)cc1. The van der Waals surface area contributed by atoms with Gasteiger partial charge in [0.15, 0.2) is 0 Å². The highest BCUT2D eigenvalue weighted by Crippen LogP contribution is 2.09. The van der Waals surface area contributed by atoms with Gasteiger partial charge in [0, 0.05) is 16.4 Å². The summed E-state index contributed by atoms with van der Waals surface area (Å²) < 4.78 is 12.6. The van der Waals surface area contributed by atoms with Crippen LogP contribution in [0, 0.1) is 5.82 Å². The van der Waals surface area contributed by atoms with Gasteiger partial charge < -0.3 is 5.32 Å². The molecule has 0 aliphatic heterocycles. The number of carbonyl (C=O) groups excluding carboxylic acids is 1. The summed E-state index contributed by atoms with van der Waals surface area (Å²) in [4.78, 5) is 11.7. The monoisotopic (exact) mass is 273 g/mol. The highest BCUT2D eigenvalue weighted by Gasteiger charge is 2.19. The van der Waals surface area contributed by atoms with Crippen molar-refractivity contribution < 1.29 is 9.18 Å². The van der Waals surface area contributed by atoms with Crippen molar-refractivity contribution >= 4 is 21.8 Å². The summed E-state index contributed by atoms with van der Waals surface area (Å²) in [7, 11) is 0. The molecule has 0 saturated heterocycles. The fourth-order valence-electron chi connectivity index (χ4n) is 1.01. The van der Waals surface area contributed by atoms with Crippen LogP contribution in [0.5, 0.6) is 0 Å². The lowest BCUT2D eigenvalue weighted by Gasteiger charge is -2.23. The predicted molar refractivity (Wildman–Crippen MR) is 61.7 cm³/mol. The van der Waals surface area contributed by atoms with E-state index in [1.807, 2.05) is 13.8 Å². The van der Waals surface area contributed by atoms with E-state index in [1.54, 1.807) is 0 Å². The van der Waals surface area contributed by atoms with Gasteiger partial charge in [0.25, 0.3) is 5.91 Å². The number of alkyl halides is 1. The average Bonchev–Trinajstić information content (AvgIpc) is 2.18. The Hall–Kier alpha value is -0.900. The number of carbonyl (C=O) groups is 1. The first-order valence-corrected chi connectivity index (χ1v) is 5.71. The van der Waals surface area contributed by atoms with Crippen LogP contribution >= 0.6 is 15.9 Å². The molecule has 4 heteroatoms. The van der Waals surface area contributed by atoms with E-state index < -0.39 is 0 Å². The van der Waals surface area contributed by atoms with Gasteiger partial charge in [-0.25, -0.2) is 4.39 Å². The highest BCUT2D eigenvalue weighted by molar-refractivity contribution is 9.09. The van der Waals surface area contributed by atoms with Crippen molar-refractivity contribution in [3.05, 3.63) is 35.6 Å². The van der Waals surface area contributed by atoms with Crippen LogP contribution in [-0.2, 0) is 0 Å². The first kappa shape index (κ1) is 12.2. The van der Waals surface area contributed by atoms with E-state index in [0.717, 1.165) is 0 Å². The summed E-state index contributed by atoms with van der Waals surface area (Å²) in [5.74, 6) is -0.536. The number of hydrogen-bond donors (Lipinski definition) is 1. The Morgan fingerprint density at radius 2 is 1.93 bits per heavy atom. The Kier molecular flexibility index (Phi) is 3.85. The van der Waals surface area contributed by atoms with Gasteiger partial charge in [-0.3, -0.25) is 4.79 Å². The third kappa shape index (κ3) is 3.63. The predicted octanol–water partition coefficient (Wildman–Crippen LogP) is 2.73. The molecule has 82 valence electrons. The second-order valence-electron chi connectivity index (χ2n) is 3.98. The number of nitrogens with one attached hydrogen (secondary N) is 1. The molecule has 0 aliphatic rings. The Morgan fingerprint density at radius 1 is 1.40 bits per heavy atom. The minimum atomic E-state index is -0.341. The molecule has 0 aromatic heterocycles. The van der Waals surface area contributed by atoms with Crippen molar-refractivity contribution in [3.63, 3.8) is 0 Å². The van der Waals surface area contributed by atoms with Crippen LogP contribution < -0.4 is 5.32 Å². The van der Waals surface area contributed by atoms with Crippen LogP contribution in [0.25, 0.3) is 0 Å². The number of hydrogen-bond acceptors (Lipinski definition) is 1. The average molecular weight is 274 g/mol. The van der Waals surface area contributed by atoms with Gasteiger partial charge in [0.05, 0.1) is 0 Å². The van der Waals surface area contributed by atoms with Crippen LogP contribution in [0.15, 0.2) is 24.3 Å². The molecule has 1 aromatic carbocycles. The summed E-state index contributed by atoms with van der Waals surface area (Å²) >= 11 is 3.31. The van der Waals surface area contributed by atoms with Crippen LogP contribution in [0.3, 0.4) is 0 Å². The maximum absolute atomic E-state index is 12.6. The van der Waals surface area contributed by atoms with E-state index in [2.05, 4.69) is 21.2 Å². The van der Waals surface area contributed by atoms with E-state index in [-0.39, 0.29) is 17.3 Å². The van der Waals surface area contributed by atoms with Crippen molar-refractivity contribution in [1.29, 1.82) is 0 Å². The van der Waals surface area contributed by atoms with Crippen LogP contribution in [-0.4, -0.2) is 16.8 Å². The molecule has 1 rings (SSSR count). The summed E-state index contributed by atoms with van der Waals surface area (Å²) in [5, 5.41) is 3.49. The van der Waals surface area contributed by atoms with Gasteiger partial charge in [-0.05, 0) is 38.1 Å². The van der Waals surface area contributed by atoms with E-state index in [1.165, 1.54) is 24.3 Å². The Morgan fingerprint density at radius 3 is 2.40 bits per heavy atom. The van der Waals surface area contributed by atoms with Crippen LogP contribution in [0.2, 0.25) is 0 Å². The molecule has 0 bridgehead atoms. The summed E-state index contributed by atoms with van der Waals surface area (Å²) in [5.41, 5.74) is 0.149. The van der Waals surface area contributed by atoms with E-state index in [4.69, 9.17) is 0 Å². The van der Waals surface area contributed by atoms with Gasteiger partial charge >= 0.3 is 0 Å². The summed E-state index contributed by atoms with van der Waals surface area (Å²) in [6, 6.07) is 5.48. The fourth-order valence-corrected chi connectivity index (χ4v) is 1.15. The third-order valence-electron chi connectivity index (χ3n) is 1.89. The van der Waals surface area contributed by atoms with Crippen molar-refractivity contribution in [2.45, 2.75) is 19.4 Å². The van der Waals surface area contributed by atoms with Crippen molar-refractivity contribution in [3.8, 4) is 0 Å². The van der Waals surface area contributed by atoms with E-state index >= 15 is 0 Å². The topological polar surface area (TPSA) is 29.1 Å². The van der Waals surface area contributed by atoms with E-state index in [9.17, 15) is 9.18 Å². The van der Waals surface area contributed by atoms with Gasteiger partial charge in [-0.2, -0.15) is 0 Å². The van der Waals surface area contributed by atoms with Crippen molar-refractivity contribution in [1.82, 2.24) is 5.32 Å². The molecule has 1 N–H and O–H groups in total. The molecular weight excluding hydrogens is 261 g/mol. The molecule has 0 fully saturated rings. The smallest absolute Gasteiger partial charge is 0.251 e. The zero-order chi connectivity index (χ0) is 11.5. The summed E-state index contributed by atoms with van der Waals surface area (Å²) in [6.07, 6.45) is 0. The number of amides is 1. The molecule has 0 spiro atoms. The minimum Gasteiger partial charge on any atom is -0.346 e. The minimum absolute atomic E-state index is 0.195. The zero-order valence-electron chi connectivity index (χ0n) is 8.68. The van der Waals surface area contributed by atoms with Gasteiger partial charge in [-0.1, -0.05) is 15.9 Å². The van der Waals surface area contributed by atoms with Crippen molar-refractivity contribution in [2.75, 3.05) is 5.33 Å². The molecule has 2 nitrogen and oxygen atoms in total. The molecule has 0 aliphatic carbocycles. The lowest BCUT2D eigenvalue weighted by atomic mass is 10.1. The Bertz CT molecular complexity index is 348. The lowest BCUT2D eigenvalue weighted by Crippen LogP contribution is -2.44. The van der Waals surface area contributed by atoms with Crippen LogP contribution in [0.4, 0.5) is 4.39 Å². The van der Waals surface area contributed by atoms with Crippen LogP contribution in [0.1, 0.15) is 24.2 Å². The molecule has 0 saturated carbocycles. The molecule has 0 atom stereocenters. The second-order valence-corrected chi connectivity index (χ2v) is 4.54. The standard InChI is InChI=1S/C11H13BrFNO/c1-11(2,7-12)14-10(15)8-3-5-9(13)6-4-8/h3-6H,7H2,1-2H3,(H,14,15). The van der Waals surface area contributed by atoms with Gasteiger partial charge in [-0.15, -0.1) is 0 Å². The normalized spacial score (nSPS) is 11.2. The number of benzene rings is 1. The highest BCUT2D eigenvalue weighted by atomic mass is 79.9. The molecule has 0 radical (unpaired) electrons. The van der Waals surface area contributed by atoms with Crippen molar-refractivity contribution in [2.24, 2.45) is 0 Å². The second kappa shape index (κ2) is 4.75. The molecule has 0 heterocycles. The Labute approximate surface area is 97.0 Å². The first-order chi connectivity index (χ1) is 6.94. The number of halogens is 2. The number of rotatable bonds is 3. The van der Waals surface area contributed by atoms with E-state index in [0.29, 0.717) is 10.9 Å². The zero-order valence-corrected chi connectivity index (χ0v) is 10.3. The molecule has 15 heavy (non-hydrogen) atoms.